The van der Waals surface area contributed by atoms with Crippen molar-refractivity contribution in [3.63, 3.8) is 0 Å². The molecule has 0 N–H and O–H groups in total. The number of aryl methyl sites for hydroxylation is 1. The van der Waals surface area contributed by atoms with Crippen LogP contribution in [0.25, 0.3) is 45.1 Å². The number of hydrogen-bond donors (Lipinski definition) is 0. The summed E-state index contributed by atoms with van der Waals surface area (Å²) in [6.07, 6.45) is 11.3. The van der Waals surface area contributed by atoms with Crippen LogP contribution in [-0.4, -0.2) is 4.57 Å². The van der Waals surface area contributed by atoms with E-state index >= 15 is 0 Å². The summed E-state index contributed by atoms with van der Waals surface area (Å²) >= 11 is 0. The van der Waals surface area contributed by atoms with E-state index in [-0.39, 0.29) is 20.1 Å². The van der Waals surface area contributed by atoms with Crippen LogP contribution in [0.3, 0.4) is 0 Å². The van der Waals surface area contributed by atoms with E-state index in [4.69, 9.17) is 0 Å². The number of para-hydroxylation sites is 2. The molecule has 0 amide bonds. The SMILES string of the molecule is Cn1[c-][n+](C2=[C-]/C=C\c3ccccc3-c3cccc(-c4ccccc4)c32)c2ccccc21.[Ir]. The van der Waals surface area contributed by atoms with Crippen molar-refractivity contribution in [3.05, 3.63) is 127 Å². The van der Waals surface area contributed by atoms with E-state index in [0.717, 1.165) is 22.3 Å². The van der Waals surface area contributed by atoms with Gasteiger partial charge in [0.1, 0.15) is 0 Å². The van der Waals surface area contributed by atoms with Crippen molar-refractivity contribution in [3.8, 4) is 22.3 Å². The van der Waals surface area contributed by atoms with Gasteiger partial charge in [0.2, 0.25) is 6.33 Å². The molecule has 0 fully saturated rings. The van der Waals surface area contributed by atoms with E-state index in [2.05, 4.69) is 120 Å². The molecule has 0 spiro atoms. The number of fused-ring (bicyclic) bond motifs is 4. The third-order valence-corrected chi connectivity index (χ3v) is 6.08. The fourth-order valence-electron chi connectivity index (χ4n) is 4.60. The van der Waals surface area contributed by atoms with Gasteiger partial charge in [0.15, 0.2) is 0 Å². The molecule has 4 aromatic carbocycles. The van der Waals surface area contributed by atoms with E-state index in [1.54, 1.807) is 0 Å². The van der Waals surface area contributed by atoms with Gasteiger partial charge in [-0.2, -0.15) is 18.2 Å². The van der Waals surface area contributed by atoms with Gasteiger partial charge in [0, 0.05) is 20.1 Å². The fourth-order valence-corrected chi connectivity index (χ4v) is 4.60. The van der Waals surface area contributed by atoms with E-state index in [1.807, 2.05) is 17.7 Å². The number of benzene rings is 4. The molecule has 1 radical (unpaired) electrons. The van der Waals surface area contributed by atoms with Gasteiger partial charge in [-0.05, 0) is 11.1 Å². The number of nitrogens with zero attached hydrogens (tertiary/aromatic N) is 2. The third kappa shape index (κ3) is 3.60. The van der Waals surface area contributed by atoms with Gasteiger partial charge in [-0.3, -0.25) is 0 Å². The minimum Gasteiger partial charge on any atom is -0.341 e. The molecule has 0 saturated carbocycles. The average Bonchev–Trinajstić information content (AvgIpc) is 3.17. The van der Waals surface area contributed by atoms with Crippen molar-refractivity contribution in [2.45, 2.75) is 0 Å². The first-order chi connectivity index (χ1) is 15.8. The van der Waals surface area contributed by atoms with E-state index in [1.165, 1.54) is 27.8 Å². The number of rotatable bonds is 2. The van der Waals surface area contributed by atoms with Crippen LogP contribution in [-0.2, 0) is 27.2 Å². The zero-order valence-corrected chi connectivity index (χ0v) is 20.5. The molecule has 161 valence electrons. The molecule has 0 unspecified atom stereocenters. The summed E-state index contributed by atoms with van der Waals surface area (Å²) in [7, 11) is 2.04. The van der Waals surface area contributed by atoms with Crippen molar-refractivity contribution in [2.24, 2.45) is 7.05 Å². The maximum Gasteiger partial charge on any atom is 0.242 e. The maximum absolute atomic E-state index is 3.61. The average molecular weight is 602 g/mol. The van der Waals surface area contributed by atoms with Crippen LogP contribution >= 0.6 is 0 Å². The van der Waals surface area contributed by atoms with Crippen LogP contribution in [0.5, 0.6) is 0 Å². The Morgan fingerprint density at radius 2 is 1.39 bits per heavy atom. The number of aromatic nitrogens is 2. The Hall–Kier alpha value is -3.52. The van der Waals surface area contributed by atoms with E-state index in [9.17, 15) is 0 Å². The quantitative estimate of drug-likeness (QED) is 0.166. The van der Waals surface area contributed by atoms with Crippen LogP contribution in [0, 0.1) is 12.4 Å². The molecule has 0 bridgehead atoms. The second kappa shape index (κ2) is 8.78. The summed E-state index contributed by atoms with van der Waals surface area (Å²) in [6.45, 7) is 0. The summed E-state index contributed by atoms with van der Waals surface area (Å²) in [5.74, 6) is 0. The smallest absolute Gasteiger partial charge is 0.242 e. The Morgan fingerprint density at radius 1 is 0.697 bits per heavy atom. The largest absolute Gasteiger partial charge is 0.341 e. The van der Waals surface area contributed by atoms with E-state index < -0.39 is 0 Å². The Labute approximate surface area is 207 Å². The molecule has 33 heavy (non-hydrogen) atoms. The van der Waals surface area contributed by atoms with Crippen molar-refractivity contribution in [2.75, 3.05) is 0 Å². The van der Waals surface area contributed by atoms with Gasteiger partial charge in [-0.15, -0.1) is 5.56 Å². The topological polar surface area (TPSA) is 8.81 Å². The standard InChI is InChI=1S/C30H21N2.Ir/c1-31-21-32(28-19-8-7-18-27(28)31)29-20-9-14-22-13-5-6-15-24(22)26-17-10-16-25(30(26)29)23-11-3-2-4-12-23;/h2-19H,1H3;/q-1;/b14-9-,22-14?,26-24?,30-29?;. The summed E-state index contributed by atoms with van der Waals surface area (Å²) in [5.41, 5.74) is 10.4. The predicted octanol–water partition coefficient (Wildman–Crippen LogP) is 6.32. The molecule has 1 aliphatic carbocycles. The van der Waals surface area contributed by atoms with Gasteiger partial charge in [0.05, 0.1) is 18.1 Å². The maximum atomic E-state index is 3.61. The Kier molecular flexibility index (Phi) is 5.68. The fraction of sp³-hybridized carbons (Fsp3) is 0.0333. The molecule has 1 aromatic heterocycles. The zero-order valence-electron chi connectivity index (χ0n) is 18.1. The molecule has 1 heterocycles. The first-order valence-corrected chi connectivity index (χ1v) is 10.8. The summed E-state index contributed by atoms with van der Waals surface area (Å²) in [4.78, 5) is 0. The summed E-state index contributed by atoms with van der Waals surface area (Å²) in [6, 6.07) is 34.1. The Bertz CT molecular complexity index is 1520. The number of allylic oxidation sites excluding steroid dienone is 2. The van der Waals surface area contributed by atoms with Crippen molar-refractivity contribution < 1.29 is 24.7 Å². The molecular weight excluding hydrogens is 581 g/mol. The second-order valence-electron chi connectivity index (χ2n) is 7.99. The molecule has 5 aromatic rings. The number of hydrogen-bond acceptors (Lipinski definition) is 0. The van der Waals surface area contributed by atoms with Gasteiger partial charge < -0.3 is 9.13 Å². The van der Waals surface area contributed by atoms with Gasteiger partial charge in [0.25, 0.3) is 0 Å². The summed E-state index contributed by atoms with van der Waals surface area (Å²) < 4.78 is 4.18. The van der Waals surface area contributed by atoms with Gasteiger partial charge in [-0.25, -0.2) is 0 Å². The predicted molar refractivity (Wildman–Crippen MR) is 130 cm³/mol. The minimum absolute atomic E-state index is 0. The monoisotopic (exact) mass is 602 g/mol. The molecule has 0 saturated heterocycles. The number of imidazole rings is 1. The van der Waals surface area contributed by atoms with Gasteiger partial charge >= 0.3 is 0 Å². The third-order valence-electron chi connectivity index (χ3n) is 6.08. The molecule has 0 aliphatic heterocycles. The van der Waals surface area contributed by atoms with Crippen molar-refractivity contribution >= 4 is 22.8 Å². The van der Waals surface area contributed by atoms with Crippen LogP contribution in [0.2, 0.25) is 0 Å². The Balaban J connectivity index is 0.00000228. The molecule has 6 rings (SSSR count). The normalized spacial score (nSPS) is 13.2. The second-order valence-corrected chi connectivity index (χ2v) is 7.99. The molecule has 3 heteroatoms. The van der Waals surface area contributed by atoms with Crippen LogP contribution in [0.4, 0.5) is 0 Å². The van der Waals surface area contributed by atoms with Crippen LogP contribution in [0.1, 0.15) is 11.1 Å². The first kappa shape index (κ1) is 21.3. The minimum atomic E-state index is 0. The Morgan fingerprint density at radius 3 is 2.27 bits per heavy atom. The molecular formula is C30H21IrN2-. The zero-order chi connectivity index (χ0) is 21.5. The van der Waals surface area contributed by atoms with Crippen molar-refractivity contribution in [1.29, 1.82) is 0 Å². The molecule has 0 atom stereocenters. The van der Waals surface area contributed by atoms with Crippen LogP contribution in [0.15, 0.2) is 103 Å². The summed E-state index contributed by atoms with van der Waals surface area (Å²) in [5, 5.41) is 0. The van der Waals surface area contributed by atoms with Gasteiger partial charge in [-0.1, -0.05) is 119 Å². The molecule has 1 aliphatic rings. The van der Waals surface area contributed by atoms with Crippen LogP contribution < -0.4 is 4.57 Å². The molecule has 2 nitrogen and oxygen atoms in total. The first-order valence-electron chi connectivity index (χ1n) is 10.8. The van der Waals surface area contributed by atoms with E-state index in [0.29, 0.717) is 0 Å². The van der Waals surface area contributed by atoms with Crippen molar-refractivity contribution in [1.82, 2.24) is 4.57 Å².